The summed E-state index contributed by atoms with van der Waals surface area (Å²) in [6.45, 7) is 8.26. The molecule has 1 saturated heterocycles. The van der Waals surface area contributed by atoms with Gasteiger partial charge in [0.25, 0.3) is 0 Å². The molecular formula is C21H27ClN2O4S. The number of sulfonamides is 1. The number of halogens is 1. The van der Waals surface area contributed by atoms with Crippen molar-refractivity contribution in [3.8, 4) is 11.5 Å². The van der Waals surface area contributed by atoms with Crippen molar-refractivity contribution in [2.75, 3.05) is 26.2 Å². The van der Waals surface area contributed by atoms with Crippen molar-refractivity contribution < 1.29 is 18.6 Å². The van der Waals surface area contributed by atoms with Crippen molar-refractivity contribution in [1.29, 1.82) is 0 Å². The lowest BCUT2D eigenvalue weighted by atomic mass is 9.85. The molecule has 8 heteroatoms. The highest BCUT2D eigenvalue weighted by atomic mass is 35.5. The summed E-state index contributed by atoms with van der Waals surface area (Å²) in [5, 5.41) is 20.6. The number of aromatic hydroxyl groups is 2. The van der Waals surface area contributed by atoms with Crippen molar-refractivity contribution in [3.05, 3.63) is 52.5 Å². The minimum absolute atomic E-state index is 0.121. The van der Waals surface area contributed by atoms with Gasteiger partial charge in [-0.2, -0.15) is 4.31 Å². The third kappa shape index (κ3) is 4.69. The average molecular weight is 439 g/mol. The fraction of sp³-hybridized carbons (Fsp3) is 0.429. The van der Waals surface area contributed by atoms with Crippen LogP contribution in [-0.2, 0) is 22.0 Å². The Labute approximate surface area is 177 Å². The predicted octanol–water partition coefficient (Wildman–Crippen LogP) is 3.56. The zero-order chi connectivity index (χ0) is 21.4. The van der Waals surface area contributed by atoms with Gasteiger partial charge in [-0.1, -0.05) is 50.6 Å². The van der Waals surface area contributed by atoms with Gasteiger partial charge in [0.1, 0.15) is 4.90 Å². The number of phenolic OH excluding ortho intramolecular Hbond substituents is 2. The van der Waals surface area contributed by atoms with Gasteiger partial charge in [0, 0.05) is 38.3 Å². The maximum Gasteiger partial charge on any atom is 0.244 e. The largest absolute Gasteiger partial charge is 0.504 e. The molecule has 0 aromatic heterocycles. The molecule has 2 aromatic rings. The Morgan fingerprint density at radius 2 is 1.66 bits per heavy atom. The summed E-state index contributed by atoms with van der Waals surface area (Å²) in [5.74, 6) is -0.253. The number of piperazine rings is 1. The summed E-state index contributed by atoms with van der Waals surface area (Å²) in [7, 11) is -3.64. The molecule has 0 atom stereocenters. The fourth-order valence-electron chi connectivity index (χ4n) is 3.39. The summed E-state index contributed by atoms with van der Waals surface area (Å²) in [5.41, 5.74) is 1.40. The van der Waals surface area contributed by atoms with Crippen LogP contribution < -0.4 is 0 Å². The lowest BCUT2D eigenvalue weighted by Gasteiger charge is -2.34. The topological polar surface area (TPSA) is 81.1 Å². The van der Waals surface area contributed by atoms with Crippen LogP contribution in [0.15, 0.2) is 41.3 Å². The van der Waals surface area contributed by atoms with Crippen LogP contribution in [0.1, 0.15) is 31.9 Å². The van der Waals surface area contributed by atoms with E-state index in [-0.39, 0.29) is 26.8 Å². The van der Waals surface area contributed by atoms with Crippen LogP contribution in [0.3, 0.4) is 0 Å². The van der Waals surface area contributed by atoms with Gasteiger partial charge in [0.15, 0.2) is 11.5 Å². The predicted molar refractivity (Wildman–Crippen MR) is 114 cm³/mol. The van der Waals surface area contributed by atoms with Crippen LogP contribution in [-0.4, -0.2) is 54.0 Å². The van der Waals surface area contributed by atoms with E-state index in [1.54, 1.807) is 24.3 Å². The van der Waals surface area contributed by atoms with Crippen LogP contribution in [0.5, 0.6) is 11.5 Å². The standard InChI is InChI=1S/C21H27ClN2O4S/c1-21(2,3)16-12-15(20(26)18(25)13-16)14-23-8-10-24(11-9-23)29(27,28)19-7-5-4-6-17(19)22/h4-7,12-13,25-26H,8-11,14H2,1-3H3. The lowest BCUT2D eigenvalue weighted by Crippen LogP contribution is -2.48. The third-order valence-corrected chi connectivity index (χ3v) is 7.61. The molecule has 0 amide bonds. The van der Waals surface area contributed by atoms with E-state index in [4.69, 9.17) is 11.6 Å². The van der Waals surface area contributed by atoms with Crippen LogP contribution >= 0.6 is 11.6 Å². The van der Waals surface area contributed by atoms with Gasteiger partial charge in [-0.3, -0.25) is 4.90 Å². The normalized spacial score (nSPS) is 16.8. The van der Waals surface area contributed by atoms with E-state index in [1.807, 2.05) is 26.8 Å². The Bertz CT molecular complexity index is 994. The number of nitrogens with zero attached hydrogens (tertiary/aromatic N) is 2. The molecule has 0 unspecified atom stereocenters. The minimum atomic E-state index is -3.64. The Balaban J connectivity index is 1.72. The van der Waals surface area contributed by atoms with Gasteiger partial charge in [-0.05, 0) is 29.2 Å². The highest BCUT2D eigenvalue weighted by molar-refractivity contribution is 7.89. The van der Waals surface area contributed by atoms with Gasteiger partial charge in [-0.15, -0.1) is 0 Å². The monoisotopic (exact) mass is 438 g/mol. The smallest absolute Gasteiger partial charge is 0.244 e. The number of phenols is 2. The molecule has 0 radical (unpaired) electrons. The quantitative estimate of drug-likeness (QED) is 0.713. The maximum atomic E-state index is 12.9. The number of hydrogen-bond acceptors (Lipinski definition) is 5. The molecule has 29 heavy (non-hydrogen) atoms. The number of rotatable bonds is 4. The van der Waals surface area contributed by atoms with Gasteiger partial charge in [0.2, 0.25) is 10.0 Å². The van der Waals surface area contributed by atoms with Gasteiger partial charge < -0.3 is 10.2 Å². The molecule has 1 aliphatic rings. The van der Waals surface area contributed by atoms with E-state index in [0.717, 1.165) is 5.56 Å². The average Bonchev–Trinajstić information content (AvgIpc) is 2.65. The second-order valence-corrected chi connectivity index (χ2v) is 10.7. The van der Waals surface area contributed by atoms with E-state index in [2.05, 4.69) is 4.90 Å². The third-order valence-electron chi connectivity index (χ3n) is 5.21. The van der Waals surface area contributed by atoms with E-state index >= 15 is 0 Å². The van der Waals surface area contributed by atoms with Crippen molar-refractivity contribution in [2.45, 2.75) is 37.6 Å². The van der Waals surface area contributed by atoms with Crippen LogP contribution in [0, 0.1) is 0 Å². The molecule has 158 valence electrons. The molecule has 6 nitrogen and oxygen atoms in total. The van der Waals surface area contributed by atoms with E-state index in [9.17, 15) is 18.6 Å². The molecular weight excluding hydrogens is 412 g/mol. The molecule has 2 aromatic carbocycles. The second-order valence-electron chi connectivity index (χ2n) is 8.36. The van der Waals surface area contributed by atoms with Crippen LogP contribution in [0.2, 0.25) is 5.02 Å². The molecule has 0 bridgehead atoms. The first kappa shape index (κ1) is 21.9. The van der Waals surface area contributed by atoms with Crippen molar-refractivity contribution in [2.24, 2.45) is 0 Å². The highest BCUT2D eigenvalue weighted by Gasteiger charge is 2.30. The Hall–Kier alpha value is -1.80. The summed E-state index contributed by atoms with van der Waals surface area (Å²) in [6, 6.07) is 9.94. The molecule has 0 spiro atoms. The Kier molecular flexibility index (Phi) is 6.15. The van der Waals surface area contributed by atoms with E-state index in [1.165, 1.54) is 10.4 Å². The molecule has 0 saturated carbocycles. The Morgan fingerprint density at radius 1 is 1.03 bits per heavy atom. The van der Waals surface area contributed by atoms with Crippen LogP contribution in [0.4, 0.5) is 0 Å². The first-order valence-corrected chi connectivity index (χ1v) is 11.3. The lowest BCUT2D eigenvalue weighted by molar-refractivity contribution is 0.179. The van der Waals surface area contributed by atoms with Gasteiger partial charge in [-0.25, -0.2) is 8.42 Å². The molecule has 1 fully saturated rings. The summed E-state index contributed by atoms with van der Waals surface area (Å²) < 4.78 is 27.2. The van der Waals surface area contributed by atoms with Crippen molar-refractivity contribution in [1.82, 2.24) is 9.21 Å². The van der Waals surface area contributed by atoms with Gasteiger partial charge >= 0.3 is 0 Å². The summed E-state index contributed by atoms with van der Waals surface area (Å²) in [4.78, 5) is 2.19. The highest BCUT2D eigenvalue weighted by Crippen LogP contribution is 2.36. The zero-order valence-corrected chi connectivity index (χ0v) is 18.5. The summed E-state index contributed by atoms with van der Waals surface area (Å²) >= 11 is 6.08. The molecule has 1 aliphatic heterocycles. The number of hydrogen-bond donors (Lipinski definition) is 2. The Morgan fingerprint density at radius 3 is 2.24 bits per heavy atom. The molecule has 1 heterocycles. The maximum absolute atomic E-state index is 12.9. The van der Waals surface area contributed by atoms with Crippen LogP contribution in [0.25, 0.3) is 0 Å². The first-order valence-electron chi connectivity index (χ1n) is 9.52. The molecule has 2 N–H and O–H groups in total. The molecule has 0 aliphatic carbocycles. The number of benzene rings is 2. The second kappa shape index (κ2) is 8.14. The summed E-state index contributed by atoms with van der Waals surface area (Å²) in [6.07, 6.45) is 0. The first-order chi connectivity index (χ1) is 13.5. The minimum Gasteiger partial charge on any atom is -0.504 e. The van der Waals surface area contributed by atoms with E-state index < -0.39 is 10.0 Å². The van der Waals surface area contributed by atoms with Crippen molar-refractivity contribution in [3.63, 3.8) is 0 Å². The van der Waals surface area contributed by atoms with Crippen molar-refractivity contribution >= 4 is 21.6 Å². The van der Waals surface area contributed by atoms with E-state index in [0.29, 0.717) is 38.3 Å². The fourth-order valence-corrected chi connectivity index (χ4v) is 5.31. The zero-order valence-electron chi connectivity index (χ0n) is 16.9. The SMILES string of the molecule is CC(C)(C)c1cc(O)c(O)c(CN2CCN(S(=O)(=O)c3ccccc3Cl)CC2)c1. The van der Waals surface area contributed by atoms with Gasteiger partial charge in [0.05, 0.1) is 5.02 Å². The molecule has 3 rings (SSSR count).